The number of anilines is 2. The molecule has 1 fully saturated rings. The normalized spacial score (nSPS) is 14.3. The first kappa shape index (κ1) is 15.7. The molecule has 0 N–H and O–H groups in total. The summed E-state index contributed by atoms with van der Waals surface area (Å²) in [7, 11) is 0. The molecule has 0 atom stereocenters. The van der Waals surface area contributed by atoms with Gasteiger partial charge in [-0.15, -0.1) is 0 Å². The molecule has 24 heavy (non-hydrogen) atoms. The monoisotopic (exact) mass is 327 g/mol. The van der Waals surface area contributed by atoms with Gasteiger partial charge in [-0.3, -0.25) is 10.1 Å². The van der Waals surface area contributed by atoms with Crippen molar-refractivity contribution < 1.29 is 9.31 Å². The van der Waals surface area contributed by atoms with Crippen LogP contribution in [0.3, 0.4) is 0 Å². The Morgan fingerprint density at radius 1 is 1.17 bits per heavy atom. The topological polar surface area (TPSA) is 86.3 Å². The third-order valence-corrected chi connectivity index (χ3v) is 3.97. The molecule has 0 spiro atoms. The number of piperazine rings is 1. The van der Waals surface area contributed by atoms with Gasteiger partial charge in [-0.05, 0) is 24.3 Å². The first-order valence-corrected chi connectivity index (χ1v) is 7.39. The average Bonchev–Trinajstić information content (AvgIpc) is 2.61. The Labute approximate surface area is 137 Å². The largest absolute Gasteiger partial charge is 0.362 e. The zero-order valence-corrected chi connectivity index (χ0v) is 12.7. The van der Waals surface area contributed by atoms with Crippen molar-refractivity contribution in [1.29, 1.82) is 5.26 Å². The highest BCUT2D eigenvalue weighted by atomic mass is 19.1. The summed E-state index contributed by atoms with van der Waals surface area (Å²) in [5.41, 5.74) is 0.308. The van der Waals surface area contributed by atoms with Crippen molar-refractivity contribution >= 4 is 17.2 Å². The molecule has 0 saturated carbocycles. The van der Waals surface area contributed by atoms with Crippen LogP contribution in [0.5, 0.6) is 0 Å². The summed E-state index contributed by atoms with van der Waals surface area (Å²) < 4.78 is 13.8. The van der Waals surface area contributed by atoms with Crippen molar-refractivity contribution in [2.75, 3.05) is 36.0 Å². The van der Waals surface area contributed by atoms with Crippen molar-refractivity contribution in [3.05, 3.63) is 58.0 Å². The van der Waals surface area contributed by atoms with Gasteiger partial charge in [0.15, 0.2) is 0 Å². The number of hydrogen-bond acceptors (Lipinski definition) is 6. The first-order valence-electron chi connectivity index (χ1n) is 7.39. The molecule has 0 aliphatic carbocycles. The maximum atomic E-state index is 13.8. The molecule has 1 aromatic heterocycles. The van der Waals surface area contributed by atoms with E-state index >= 15 is 0 Å². The maximum Gasteiger partial charge on any atom is 0.327 e. The number of benzene rings is 1. The summed E-state index contributed by atoms with van der Waals surface area (Å²) in [5, 5.41) is 19.9. The molecule has 0 radical (unpaired) electrons. The second kappa shape index (κ2) is 6.50. The molecular weight excluding hydrogens is 313 g/mol. The van der Waals surface area contributed by atoms with Crippen LogP contribution in [-0.4, -0.2) is 36.1 Å². The van der Waals surface area contributed by atoms with Gasteiger partial charge in [-0.25, -0.2) is 4.98 Å². The van der Waals surface area contributed by atoms with Gasteiger partial charge in [-0.1, -0.05) is 6.07 Å². The van der Waals surface area contributed by atoms with E-state index in [-0.39, 0.29) is 0 Å². The van der Waals surface area contributed by atoms with Gasteiger partial charge in [0.2, 0.25) is 5.82 Å². The highest BCUT2D eigenvalue weighted by molar-refractivity contribution is 5.64. The van der Waals surface area contributed by atoms with Crippen LogP contribution in [-0.2, 0) is 0 Å². The Morgan fingerprint density at radius 3 is 2.46 bits per heavy atom. The van der Waals surface area contributed by atoms with Crippen molar-refractivity contribution in [1.82, 2.24) is 4.98 Å². The molecule has 0 bridgehead atoms. The van der Waals surface area contributed by atoms with Crippen LogP contribution >= 0.6 is 0 Å². The first-order chi connectivity index (χ1) is 11.6. The number of rotatable bonds is 3. The highest BCUT2D eigenvalue weighted by Gasteiger charge is 2.27. The van der Waals surface area contributed by atoms with Crippen LogP contribution < -0.4 is 9.80 Å². The van der Waals surface area contributed by atoms with Gasteiger partial charge < -0.3 is 9.80 Å². The lowest BCUT2D eigenvalue weighted by atomic mass is 10.2. The molecule has 1 saturated heterocycles. The van der Waals surface area contributed by atoms with Crippen LogP contribution in [0.15, 0.2) is 36.5 Å². The van der Waals surface area contributed by atoms with E-state index in [1.807, 2.05) is 11.0 Å². The van der Waals surface area contributed by atoms with Gasteiger partial charge in [0, 0.05) is 32.4 Å². The number of nitriles is 1. The van der Waals surface area contributed by atoms with Gasteiger partial charge in [0.05, 0.1) is 10.5 Å². The maximum absolute atomic E-state index is 13.8. The van der Waals surface area contributed by atoms with E-state index in [0.29, 0.717) is 37.4 Å². The molecule has 1 aliphatic rings. The molecule has 8 heteroatoms. The van der Waals surface area contributed by atoms with Crippen molar-refractivity contribution in [2.24, 2.45) is 0 Å². The Balaban J connectivity index is 1.75. The number of nitrogens with zero attached hydrogens (tertiary/aromatic N) is 5. The second-order valence-electron chi connectivity index (χ2n) is 5.36. The van der Waals surface area contributed by atoms with Gasteiger partial charge in [0.25, 0.3) is 0 Å². The predicted molar refractivity (Wildman–Crippen MR) is 86.4 cm³/mol. The summed E-state index contributed by atoms with van der Waals surface area (Å²) in [5.74, 6) is -0.0731. The fourth-order valence-corrected chi connectivity index (χ4v) is 2.76. The molecule has 3 rings (SSSR count). The number of nitro benzene ring substituents is 1. The van der Waals surface area contributed by atoms with Crippen LogP contribution in [0.1, 0.15) is 5.56 Å². The molecule has 0 unspecified atom stereocenters. The van der Waals surface area contributed by atoms with Crippen molar-refractivity contribution in [3.8, 4) is 6.07 Å². The molecule has 2 aromatic rings. The standard InChI is InChI=1S/C16H14FN5O2/c17-13-2-1-3-14(16(13)22(23)24)20-6-8-21(9-7-20)15-5-4-12(10-18)11-19-15/h1-5,11H,6-9H2. The molecule has 7 nitrogen and oxygen atoms in total. The van der Waals surface area contributed by atoms with E-state index in [0.717, 1.165) is 11.9 Å². The molecule has 1 aromatic carbocycles. The van der Waals surface area contributed by atoms with Crippen molar-refractivity contribution in [2.45, 2.75) is 0 Å². The zero-order valence-electron chi connectivity index (χ0n) is 12.7. The molecular formula is C16H14FN5O2. The van der Waals surface area contributed by atoms with E-state index in [1.165, 1.54) is 12.3 Å². The minimum absolute atomic E-state index is 0.299. The highest BCUT2D eigenvalue weighted by Crippen LogP contribution is 2.31. The van der Waals surface area contributed by atoms with Gasteiger partial charge in [0.1, 0.15) is 17.6 Å². The van der Waals surface area contributed by atoms with Crippen LogP contribution in [0.4, 0.5) is 21.6 Å². The Hall–Kier alpha value is -3.21. The van der Waals surface area contributed by atoms with Crippen LogP contribution in [0.2, 0.25) is 0 Å². The molecule has 1 aliphatic heterocycles. The van der Waals surface area contributed by atoms with E-state index < -0.39 is 16.4 Å². The third kappa shape index (κ3) is 2.96. The van der Waals surface area contributed by atoms with E-state index in [1.54, 1.807) is 23.1 Å². The smallest absolute Gasteiger partial charge is 0.327 e. The van der Waals surface area contributed by atoms with Crippen LogP contribution in [0.25, 0.3) is 0 Å². The summed E-state index contributed by atoms with van der Waals surface area (Å²) in [6.45, 7) is 2.25. The lowest BCUT2D eigenvalue weighted by molar-refractivity contribution is -0.386. The van der Waals surface area contributed by atoms with E-state index in [2.05, 4.69) is 4.98 Å². The quantitative estimate of drug-likeness (QED) is 0.635. The Bertz CT molecular complexity index is 795. The third-order valence-electron chi connectivity index (χ3n) is 3.97. The molecule has 2 heterocycles. The molecule has 0 amide bonds. The van der Waals surface area contributed by atoms with Gasteiger partial charge in [-0.2, -0.15) is 9.65 Å². The fraction of sp³-hybridized carbons (Fsp3) is 0.250. The average molecular weight is 327 g/mol. The minimum atomic E-state index is -0.825. The zero-order chi connectivity index (χ0) is 17.1. The Morgan fingerprint density at radius 2 is 1.88 bits per heavy atom. The number of nitro groups is 1. The summed E-state index contributed by atoms with van der Waals surface area (Å²) in [4.78, 5) is 18.5. The molecule has 122 valence electrons. The SMILES string of the molecule is N#Cc1ccc(N2CCN(c3cccc(F)c3[N+](=O)[O-])CC2)nc1. The van der Waals surface area contributed by atoms with Crippen LogP contribution in [0, 0.1) is 27.3 Å². The second-order valence-corrected chi connectivity index (χ2v) is 5.36. The number of halogens is 1. The number of para-hydroxylation sites is 1. The summed E-state index contributed by atoms with van der Waals surface area (Å²) >= 11 is 0. The summed E-state index contributed by atoms with van der Waals surface area (Å²) in [6, 6.07) is 9.64. The minimum Gasteiger partial charge on any atom is -0.362 e. The van der Waals surface area contributed by atoms with E-state index in [4.69, 9.17) is 5.26 Å². The number of pyridine rings is 1. The predicted octanol–water partition coefficient (Wildman–Crippen LogP) is 2.33. The van der Waals surface area contributed by atoms with Crippen molar-refractivity contribution in [3.63, 3.8) is 0 Å². The number of hydrogen-bond donors (Lipinski definition) is 0. The lowest BCUT2D eigenvalue weighted by Crippen LogP contribution is -2.47. The number of aromatic nitrogens is 1. The fourth-order valence-electron chi connectivity index (χ4n) is 2.76. The lowest BCUT2D eigenvalue weighted by Gasteiger charge is -2.36. The van der Waals surface area contributed by atoms with E-state index in [9.17, 15) is 14.5 Å². The van der Waals surface area contributed by atoms with Gasteiger partial charge >= 0.3 is 5.69 Å². The summed E-state index contributed by atoms with van der Waals surface area (Å²) in [6.07, 6.45) is 1.51. The Kier molecular flexibility index (Phi) is 4.24.